The minimum Gasteiger partial charge on any atom is -0.309 e. The van der Waals surface area contributed by atoms with E-state index in [9.17, 15) is 0 Å². The zero-order valence-electron chi connectivity index (χ0n) is 11.7. The molecule has 1 aromatic heterocycles. The number of rotatable bonds is 2. The molecule has 100 valence electrons. The Balaban J connectivity index is 1.99. The van der Waals surface area contributed by atoms with E-state index in [-0.39, 0.29) is 0 Å². The number of aryl methyl sites for hydroxylation is 2. The van der Waals surface area contributed by atoms with Crippen molar-refractivity contribution in [1.82, 2.24) is 14.9 Å². The van der Waals surface area contributed by atoms with Crippen LogP contribution in [0, 0.1) is 13.8 Å². The van der Waals surface area contributed by atoms with Crippen molar-refractivity contribution in [3.8, 4) is 5.69 Å². The first-order valence-corrected chi connectivity index (χ1v) is 7.09. The maximum absolute atomic E-state index is 4.36. The van der Waals surface area contributed by atoms with Gasteiger partial charge in [0.2, 0.25) is 0 Å². The van der Waals surface area contributed by atoms with Gasteiger partial charge in [0.15, 0.2) is 0 Å². The third kappa shape index (κ3) is 2.43. The predicted molar refractivity (Wildman–Crippen MR) is 77.6 cm³/mol. The maximum atomic E-state index is 4.36. The molecule has 3 rings (SSSR count). The average Bonchev–Trinajstić information content (AvgIpc) is 2.89. The monoisotopic (exact) mass is 255 g/mol. The molecule has 0 bridgehead atoms. The molecule has 1 aliphatic rings. The number of nitrogens with one attached hydrogen (secondary N) is 1. The fraction of sp³-hybridized carbons (Fsp3) is 0.438. The van der Waals surface area contributed by atoms with Crippen LogP contribution in [0.4, 0.5) is 0 Å². The SMILES string of the molecule is Cc1ccc(-n2cncc2C2CCCCN2)c(C)c1. The quantitative estimate of drug-likeness (QED) is 0.892. The minimum absolute atomic E-state index is 0.442. The summed E-state index contributed by atoms with van der Waals surface area (Å²) in [6.45, 7) is 5.41. The van der Waals surface area contributed by atoms with Crippen molar-refractivity contribution in [1.29, 1.82) is 0 Å². The van der Waals surface area contributed by atoms with Crippen LogP contribution < -0.4 is 5.32 Å². The maximum Gasteiger partial charge on any atom is 0.0994 e. The van der Waals surface area contributed by atoms with Crippen molar-refractivity contribution in [2.75, 3.05) is 6.54 Å². The summed E-state index contributed by atoms with van der Waals surface area (Å²) in [5.74, 6) is 0. The van der Waals surface area contributed by atoms with Gasteiger partial charge in [-0.05, 0) is 44.9 Å². The molecule has 1 saturated heterocycles. The standard InChI is InChI=1S/C16H21N3/c1-12-6-7-15(13(2)9-12)19-11-17-10-16(19)14-5-3-4-8-18-14/h6-7,9-11,14,18H,3-5,8H2,1-2H3. The Labute approximate surface area is 114 Å². The number of benzene rings is 1. The molecule has 0 radical (unpaired) electrons. The fourth-order valence-electron chi connectivity index (χ4n) is 2.94. The lowest BCUT2D eigenvalue weighted by Crippen LogP contribution is -2.28. The highest BCUT2D eigenvalue weighted by atomic mass is 15.1. The van der Waals surface area contributed by atoms with Crippen molar-refractivity contribution < 1.29 is 0 Å². The molecule has 2 heterocycles. The van der Waals surface area contributed by atoms with Gasteiger partial charge in [0, 0.05) is 11.7 Å². The second-order valence-electron chi connectivity index (χ2n) is 5.48. The molecule has 0 amide bonds. The number of aromatic nitrogens is 2. The first kappa shape index (κ1) is 12.4. The molecule has 3 nitrogen and oxygen atoms in total. The summed E-state index contributed by atoms with van der Waals surface area (Å²) in [7, 11) is 0. The molecule has 0 spiro atoms. The van der Waals surface area contributed by atoms with E-state index in [1.807, 2.05) is 12.5 Å². The van der Waals surface area contributed by atoms with Crippen LogP contribution in [0.1, 0.15) is 42.1 Å². The van der Waals surface area contributed by atoms with Gasteiger partial charge in [-0.25, -0.2) is 4.98 Å². The molecular weight excluding hydrogens is 234 g/mol. The molecule has 1 N–H and O–H groups in total. The summed E-state index contributed by atoms with van der Waals surface area (Å²) >= 11 is 0. The number of hydrogen-bond acceptors (Lipinski definition) is 2. The van der Waals surface area contributed by atoms with E-state index in [1.54, 1.807) is 0 Å². The average molecular weight is 255 g/mol. The molecule has 2 aromatic rings. The Morgan fingerprint density at radius 3 is 2.89 bits per heavy atom. The van der Waals surface area contributed by atoms with Gasteiger partial charge >= 0.3 is 0 Å². The van der Waals surface area contributed by atoms with Crippen LogP contribution in [0.2, 0.25) is 0 Å². The van der Waals surface area contributed by atoms with Crippen LogP contribution in [0.25, 0.3) is 5.69 Å². The number of nitrogens with zero attached hydrogens (tertiary/aromatic N) is 2. The largest absolute Gasteiger partial charge is 0.309 e. The highest BCUT2D eigenvalue weighted by Crippen LogP contribution is 2.26. The molecule has 0 aliphatic carbocycles. The second-order valence-corrected chi connectivity index (χ2v) is 5.48. The van der Waals surface area contributed by atoms with Gasteiger partial charge in [-0.15, -0.1) is 0 Å². The smallest absolute Gasteiger partial charge is 0.0994 e. The van der Waals surface area contributed by atoms with Crippen molar-refractivity contribution in [2.45, 2.75) is 39.2 Å². The van der Waals surface area contributed by atoms with Crippen LogP contribution in [0.15, 0.2) is 30.7 Å². The van der Waals surface area contributed by atoms with Gasteiger partial charge in [0.1, 0.15) is 0 Å². The van der Waals surface area contributed by atoms with Gasteiger partial charge in [0.25, 0.3) is 0 Å². The van der Waals surface area contributed by atoms with Crippen LogP contribution in [-0.2, 0) is 0 Å². The Kier molecular flexibility index (Phi) is 3.38. The van der Waals surface area contributed by atoms with Crippen LogP contribution >= 0.6 is 0 Å². The molecule has 0 saturated carbocycles. The second kappa shape index (κ2) is 5.17. The minimum atomic E-state index is 0.442. The summed E-state index contributed by atoms with van der Waals surface area (Å²) in [6, 6.07) is 7.03. The van der Waals surface area contributed by atoms with Gasteiger partial charge in [-0.2, -0.15) is 0 Å². The molecule has 19 heavy (non-hydrogen) atoms. The predicted octanol–water partition coefficient (Wildman–Crippen LogP) is 3.30. The zero-order chi connectivity index (χ0) is 13.2. The van der Waals surface area contributed by atoms with E-state index >= 15 is 0 Å². The third-order valence-electron chi connectivity index (χ3n) is 3.95. The topological polar surface area (TPSA) is 29.9 Å². The van der Waals surface area contributed by atoms with E-state index in [1.165, 1.54) is 41.8 Å². The lowest BCUT2D eigenvalue weighted by molar-refractivity contribution is 0.402. The van der Waals surface area contributed by atoms with Crippen molar-refractivity contribution in [3.05, 3.63) is 47.5 Å². The number of hydrogen-bond donors (Lipinski definition) is 1. The van der Waals surface area contributed by atoms with Crippen LogP contribution in [0.3, 0.4) is 0 Å². The van der Waals surface area contributed by atoms with E-state index in [2.05, 4.69) is 46.9 Å². The Morgan fingerprint density at radius 2 is 2.16 bits per heavy atom. The van der Waals surface area contributed by atoms with Crippen molar-refractivity contribution in [3.63, 3.8) is 0 Å². The van der Waals surface area contributed by atoms with Gasteiger partial charge < -0.3 is 9.88 Å². The molecule has 1 atom stereocenters. The normalized spacial score (nSPS) is 19.6. The third-order valence-corrected chi connectivity index (χ3v) is 3.95. The summed E-state index contributed by atoms with van der Waals surface area (Å²) < 4.78 is 2.23. The van der Waals surface area contributed by atoms with E-state index in [0.717, 1.165) is 6.54 Å². The highest BCUT2D eigenvalue weighted by molar-refractivity contribution is 5.44. The summed E-state index contributed by atoms with van der Waals surface area (Å²) in [5.41, 5.74) is 5.13. The number of imidazole rings is 1. The van der Waals surface area contributed by atoms with Crippen molar-refractivity contribution in [2.24, 2.45) is 0 Å². The van der Waals surface area contributed by atoms with E-state index in [4.69, 9.17) is 0 Å². The first-order chi connectivity index (χ1) is 9.25. The summed E-state index contributed by atoms with van der Waals surface area (Å²) in [5, 5.41) is 3.60. The van der Waals surface area contributed by atoms with E-state index < -0.39 is 0 Å². The lowest BCUT2D eigenvalue weighted by Gasteiger charge is -2.25. The molecule has 1 fully saturated rings. The van der Waals surface area contributed by atoms with Crippen LogP contribution in [0.5, 0.6) is 0 Å². The highest BCUT2D eigenvalue weighted by Gasteiger charge is 2.19. The number of piperidine rings is 1. The zero-order valence-corrected chi connectivity index (χ0v) is 11.7. The molecule has 1 aliphatic heterocycles. The fourth-order valence-corrected chi connectivity index (χ4v) is 2.94. The molecule has 1 aromatic carbocycles. The Morgan fingerprint density at radius 1 is 1.26 bits per heavy atom. The van der Waals surface area contributed by atoms with Gasteiger partial charge in [-0.3, -0.25) is 0 Å². The Bertz CT molecular complexity index is 565. The Hall–Kier alpha value is -1.61. The van der Waals surface area contributed by atoms with Gasteiger partial charge in [0.05, 0.1) is 18.2 Å². The van der Waals surface area contributed by atoms with Crippen LogP contribution in [-0.4, -0.2) is 16.1 Å². The van der Waals surface area contributed by atoms with Crippen molar-refractivity contribution >= 4 is 0 Å². The molecular formula is C16H21N3. The summed E-state index contributed by atoms with van der Waals surface area (Å²) in [6.07, 6.45) is 7.73. The summed E-state index contributed by atoms with van der Waals surface area (Å²) in [4.78, 5) is 4.36. The molecule has 3 heteroatoms. The van der Waals surface area contributed by atoms with E-state index in [0.29, 0.717) is 6.04 Å². The first-order valence-electron chi connectivity index (χ1n) is 7.09. The van der Waals surface area contributed by atoms with Gasteiger partial charge in [-0.1, -0.05) is 24.1 Å². The molecule has 1 unspecified atom stereocenters. The lowest BCUT2D eigenvalue weighted by atomic mass is 10.0.